The zero-order chi connectivity index (χ0) is 18.4. The average molecular weight is 377 g/mol. The van der Waals surface area contributed by atoms with Gasteiger partial charge in [-0.2, -0.15) is 11.8 Å². The van der Waals surface area contributed by atoms with Crippen molar-refractivity contribution >= 4 is 29.4 Å². The van der Waals surface area contributed by atoms with E-state index < -0.39 is 0 Å². The van der Waals surface area contributed by atoms with Gasteiger partial charge >= 0.3 is 6.03 Å². The van der Waals surface area contributed by atoms with Gasteiger partial charge in [-0.1, -0.05) is 31.5 Å². The maximum Gasteiger partial charge on any atom is 0.315 e. The number of nitrogens with one attached hydrogen (secondary N) is 4. The fraction of sp³-hybridized carbons (Fsp3) is 0.579. The van der Waals surface area contributed by atoms with Gasteiger partial charge in [0.1, 0.15) is 0 Å². The lowest BCUT2D eigenvalue weighted by atomic mass is 10.0. The Morgan fingerprint density at radius 1 is 1.27 bits per heavy atom. The number of unbranched alkanes of at least 4 members (excludes halogenated alkanes) is 1. The molecule has 2 fully saturated rings. The summed E-state index contributed by atoms with van der Waals surface area (Å²) in [5, 5.41) is 12.8. The van der Waals surface area contributed by atoms with Gasteiger partial charge in [0.25, 0.3) is 0 Å². The first-order valence-corrected chi connectivity index (χ1v) is 10.5. The third-order valence-corrected chi connectivity index (χ3v) is 6.45. The van der Waals surface area contributed by atoms with Crippen molar-refractivity contribution in [3.05, 3.63) is 29.8 Å². The van der Waals surface area contributed by atoms with Crippen LogP contribution in [-0.4, -0.2) is 41.6 Å². The SMILES string of the molecule is CCNCc1ccccc1NC(=O)CCCC[C@@H]1SC[C@@H]2NC(=O)N[C@@H]21. The molecule has 2 saturated heterocycles. The van der Waals surface area contributed by atoms with Crippen molar-refractivity contribution in [2.24, 2.45) is 0 Å². The van der Waals surface area contributed by atoms with Crippen LogP contribution < -0.4 is 21.3 Å². The molecule has 2 aliphatic heterocycles. The molecule has 3 atom stereocenters. The summed E-state index contributed by atoms with van der Waals surface area (Å²) in [6.07, 6.45) is 3.45. The summed E-state index contributed by atoms with van der Waals surface area (Å²) >= 11 is 1.92. The van der Waals surface area contributed by atoms with Crippen LogP contribution in [0.15, 0.2) is 24.3 Å². The molecule has 0 unspecified atom stereocenters. The van der Waals surface area contributed by atoms with E-state index in [2.05, 4.69) is 28.2 Å². The zero-order valence-electron chi connectivity index (χ0n) is 15.2. The molecule has 0 aromatic heterocycles. The number of fused-ring (bicyclic) bond motifs is 1. The van der Waals surface area contributed by atoms with Gasteiger partial charge in [0.2, 0.25) is 5.91 Å². The van der Waals surface area contributed by atoms with E-state index in [0.717, 1.165) is 49.4 Å². The summed E-state index contributed by atoms with van der Waals surface area (Å²) in [4.78, 5) is 23.7. The van der Waals surface area contributed by atoms with E-state index in [1.165, 1.54) is 0 Å². The Morgan fingerprint density at radius 2 is 2.12 bits per heavy atom. The molecule has 1 aromatic rings. The van der Waals surface area contributed by atoms with E-state index in [1.54, 1.807) is 0 Å². The van der Waals surface area contributed by atoms with Gasteiger partial charge < -0.3 is 21.3 Å². The molecule has 7 heteroatoms. The molecule has 2 aliphatic rings. The number of urea groups is 1. The second-order valence-corrected chi connectivity index (χ2v) is 8.13. The smallest absolute Gasteiger partial charge is 0.315 e. The monoisotopic (exact) mass is 376 g/mol. The van der Waals surface area contributed by atoms with Gasteiger partial charge in [0.15, 0.2) is 0 Å². The number of carbonyl (C=O) groups is 2. The van der Waals surface area contributed by atoms with Gasteiger partial charge in [-0.15, -0.1) is 0 Å². The Bertz CT molecular complexity index is 640. The topological polar surface area (TPSA) is 82.3 Å². The Morgan fingerprint density at radius 3 is 2.96 bits per heavy atom. The molecule has 26 heavy (non-hydrogen) atoms. The van der Waals surface area contributed by atoms with Crippen molar-refractivity contribution in [1.29, 1.82) is 0 Å². The summed E-state index contributed by atoms with van der Waals surface area (Å²) < 4.78 is 0. The predicted octanol–water partition coefficient (Wildman–Crippen LogP) is 2.46. The minimum Gasteiger partial charge on any atom is -0.332 e. The second kappa shape index (κ2) is 9.28. The van der Waals surface area contributed by atoms with E-state index in [9.17, 15) is 9.59 Å². The molecule has 6 nitrogen and oxygen atoms in total. The van der Waals surface area contributed by atoms with Crippen LogP contribution in [0.25, 0.3) is 0 Å². The number of thioether (sulfide) groups is 1. The maximum atomic E-state index is 12.3. The number of para-hydroxylation sites is 1. The van der Waals surface area contributed by atoms with E-state index >= 15 is 0 Å². The van der Waals surface area contributed by atoms with E-state index in [1.807, 2.05) is 36.0 Å². The number of hydrogen-bond acceptors (Lipinski definition) is 4. The summed E-state index contributed by atoms with van der Waals surface area (Å²) in [5.41, 5.74) is 2.01. The van der Waals surface area contributed by atoms with Gasteiger partial charge in [0, 0.05) is 29.7 Å². The molecule has 2 heterocycles. The molecule has 1 aromatic carbocycles. The largest absolute Gasteiger partial charge is 0.332 e. The van der Waals surface area contributed by atoms with E-state index in [0.29, 0.717) is 11.7 Å². The summed E-state index contributed by atoms with van der Waals surface area (Å²) in [7, 11) is 0. The quantitative estimate of drug-likeness (QED) is 0.394. The van der Waals surface area contributed by atoms with Crippen molar-refractivity contribution in [2.75, 3.05) is 17.6 Å². The first-order valence-electron chi connectivity index (χ1n) is 9.44. The number of hydrogen-bond donors (Lipinski definition) is 4. The standard InChI is InChI=1S/C19H28N4O2S/c1-2-20-11-13-7-3-4-8-14(13)21-17(24)10-6-5-9-16-18-15(12-26-16)22-19(25)23-18/h3-4,7-8,15-16,18,20H,2,5-6,9-12H2,1H3,(H,21,24)(H2,22,23,25)/t15-,16-,18-/m0/s1. The van der Waals surface area contributed by atoms with Crippen LogP contribution in [0.1, 0.15) is 38.2 Å². The fourth-order valence-electron chi connectivity index (χ4n) is 3.54. The molecular weight excluding hydrogens is 348 g/mol. The summed E-state index contributed by atoms with van der Waals surface area (Å²) in [5.74, 6) is 1.05. The minimum atomic E-state index is -0.0408. The Hall–Kier alpha value is -1.73. The van der Waals surface area contributed by atoms with Crippen molar-refractivity contribution in [3.8, 4) is 0 Å². The molecule has 0 spiro atoms. The summed E-state index contributed by atoms with van der Waals surface area (Å²) in [6, 6.07) is 8.41. The molecule has 0 radical (unpaired) electrons. The van der Waals surface area contributed by atoms with Crippen LogP contribution in [0.4, 0.5) is 10.5 Å². The fourth-order valence-corrected chi connectivity index (χ4v) is 5.09. The van der Waals surface area contributed by atoms with Gasteiger partial charge in [0.05, 0.1) is 12.1 Å². The van der Waals surface area contributed by atoms with Gasteiger partial charge in [-0.05, 0) is 31.0 Å². The molecule has 4 N–H and O–H groups in total. The molecule has 3 amide bonds. The lowest BCUT2D eigenvalue weighted by molar-refractivity contribution is -0.116. The van der Waals surface area contributed by atoms with Crippen molar-refractivity contribution in [3.63, 3.8) is 0 Å². The molecule has 0 saturated carbocycles. The highest BCUT2D eigenvalue weighted by Crippen LogP contribution is 2.33. The Balaban J connectivity index is 1.38. The summed E-state index contributed by atoms with van der Waals surface area (Å²) in [6.45, 7) is 3.73. The lowest BCUT2D eigenvalue weighted by Crippen LogP contribution is -2.36. The number of anilines is 1. The first kappa shape index (κ1) is 19.0. The van der Waals surface area contributed by atoms with Crippen molar-refractivity contribution in [1.82, 2.24) is 16.0 Å². The molecular formula is C19H28N4O2S. The van der Waals surface area contributed by atoms with Crippen LogP contribution >= 0.6 is 11.8 Å². The predicted molar refractivity (Wildman–Crippen MR) is 106 cm³/mol. The zero-order valence-corrected chi connectivity index (χ0v) is 16.0. The minimum absolute atomic E-state index is 0.0408. The van der Waals surface area contributed by atoms with Crippen LogP contribution in [0, 0.1) is 0 Å². The highest BCUT2D eigenvalue weighted by Gasteiger charge is 2.42. The van der Waals surface area contributed by atoms with Crippen LogP contribution in [-0.2, 0) is 11.3 Å². The highest BCUT2D eigenvalue weighted by molar-refractivity contribution is 8.00. The number of rotatable bonds is 9. The molecule has 142 valence electrons. The second-order valence-electron chi connectivity index (χ2n) is 6.85. The van der Waals surface area contributed by atoms with Crippen molar-refractivity contribution < 1.29 is 9.59 Å². The number of amides is 3. The van der Waals surface area contributed by atoms with Gasteiger partial charge in [-0.25, -0.2) is 4.79 Å². The Labute approximate surface area is 159 Å². The van der Waals surface area contributed by atoms with Crippen LogP contribution in [0.5, 0.6) is 0 Å². The van der Waals surface area contributed by atoms with Crippen molar-refractivity contribution in [2.45, 2.75) is 56.5 Å². The average Bonchev–Trinajstić information content (AvgIpc) is 3.17. The third-order valence-electron chi connectivity index (χ3n) is 4.94. The Kier molecular flexibility index (Phi) is 6.80. The first-order chi connectivity index (χ1) is 12.7. The van der Waals surface area contributed by atoms with Crippen LogP contribution in [0.3, 0.4) is 0 Å². The highest BCUT2D eigenvalue weighted by atomic mass is 32.2. The lowest BCUT2D eigenvalue weighted by Gasteiger charge is -2.16. The number of benzene rings is 1. The number of carbonyl (C=O) groups excluding carboxylic acids is 2. The van der Waals surface area contributed by atoms with Crippen LogP contribution in [0.2, 0.25) is 0 Å². The van der Waals surface area contributed by atoms with E-state index in [-0.39, 0.29) is 24.0 Å². The normalized spacial score (nSPS) is 24.0. The maximum absolute atomic E-state index is 12.3. The molecule has 0 bridgehead atoms. The third kappa shape index (κ3) is 4.92. The van der Waals surface area contributed by atoms with E-state index in [4.69, 9.17) is 0 Å². The van der Waals surface area contributed by atoms with Gasteiger partial charge in [-0.3, -0.25) is 4.79 Å². The molecule has 3 rings (SSSR count). The molecule has 0 aliphatic carbocycles.